The highest BCUT2D eigenvalue weighted by atomic mass is 32.2. The number of esters is 1. The van der Waals surface area contributed by atoms with Crippen LogP contribution in [0.25, 0.3) is 6.08 Å². The van der Waals surface area contributed by atoms with Gasteiger partial charge in [0.2, 0.25) is 0 Å². The molecule has 0 radical (unpaired) electrons. The molecule has 26 heavy (non-hydrogen) atoms. The van der Waals surface area contributed by atoms with Crippen LogP contribution in [0.2, 0.25) is 0 Å². The minimum atomic E-state index is -0.574. The molecule has 0 amide bonds. The Morgan fingerprint density at radius 2 is 1.88 bits per heavy atom. The lowest BCUT2D eigenvalue weighted by atomic mass is 9.99. The van der Waals surface area contributed by atoms with E-state index in [4.69, 9.17) is 4.74 Å². The Bertz CT molecular complexity index is 835. The normalized spacial score (nSPS) is 11.1. The van der Waals surface area contributed by atoms with E-state index in [0.717, 1.165) is 22.6 Å². The van der Waals surface area contributed by atoms with Crippen molar-refractivity contribution >= 4 is 23.8 Å². The summed E-state index contributed by atoms with van der Waals surface area (Å²) >= 11 is 1.85. The van der Waals surface area contributed by atoms with Gasteiger partial charge < -0.3 is 4.74 Å². The largest absolute Gasteiger partial charge is 0.462 e. The van der Waals surface area contributed by atoms with Crippen LogP contribution in [0.1, 0.15) is 34.7 Å². The predicted octanol–water partition coefficient (Wildman–Crippen LogP) is 5.21. The van der Waals surface area contributed by atoms with Crippen LogP contribution in [-0.4, -0.2) is 12.6 Å². The molecule has 134 valence electrons. The smallest absolute Gasteiger partial charge is 0.348 e. The summed E-state index contributed by atoms with van der Waals surface area (Å²) in [4.78, 5) is 11.9. The number of aryl methyl sites for hydroxylation is 2. The van der Waals surface area contributed by atoms with Crippen LogP contribution in [-0.2, 0) is 21.0 Å². The van der Waals surface area contributed by atoms with E-state index < -0.39 is 5.97 Å². The van der Waals surface area contributed by atoms with Crippen molar-refractivity contribution in [1.29, 1.82) is 5.26 Å². The number of benzene rings is 2. The summed E-state index contributed by atoms with van der Waals surface area (Å²) in [5.41, 5.74) is 5.68. The first-order valence-electron chi connectivity index (χ1n) is 8.55. The first-order valence-corrected chi connectivity index (χ1v) is 9.71. The number of carbonyl (C=O) groups is 1. The van der Waals surface area contributed by atoms with Crippen LogP contribution in [0.5, 0.6) is 0 Å². The van der Waals surface area contributed by atoms with Gasteiger partial charge in [-0.25, -0.2) is 4.79 Å². The lowest BCUT2D eigenvalue weighted by Gasteiger charge is -2.11. The topological polar surface area (TPSA) is 50.1 Å². The number of hydrogen-bond acceptors (Lipinski definition) is 4. The molecule has 0 saturated carbocycles. The SMILES string of the molecule is CCOC(=O)/C(C#N)=C/c1cc(CSCc2ccccc2)c(C)cc1C. The summed E-state index contributed by atoms with van der Waals surface area (Å²) in [5.74, 6) is 1.25. The van der Waals surface area contributed by atoms with Crippen molar-refractivity contribution in [3.05, 3.63) is 75.9 Å². The number of rotatable bonds is 7. The Morgan fingerprint density at radius 3 is 2.54 bits per heavy atom. The molecule has 2 aromatic carbocycles. The summed E-state index contributed by atoms with van der Waals surface area (Å²) in [5, 5.41) is 9.24. The summed E-state index contributed by atoms with van der Waals surface area (Å²) in [7, 11) is 0. The van der Waals surface area contributed by atoms with Crippen molar-refractivity contribution in [2.75, 3.05) is 6.61 Å². The van der Waals surface area contributed by atoms with Gasteiger partial charge in [0.25, 0.3) is 0 Å². The monoisotopic (exact) mass is 365 g/mol. The standard InChI is InChI=1S/C22H23NO2S/c1-4-25-22(24)20(13-23)11-19-12-21(17(3)10-16(19)2)15-26-14-18-8-6-5-7-9-18/h5-12H,4,14-15H2,1-3H3/b20-11+. The van der Waals surface area contributed by atoms with E-state index >= 15 is 0 Å². The first kappa shape index (κ1) is 19.8. The van der Waals surface area contributed by atoms with Crippen molar-refractivity contribution in [2.45, 2.75) is 32.3 Å². The van der Waals surface area contributed by atoms with Gasteiger partial charge in [0, 0.05) is 11.5 Å². The van der Waals surface area contributed by atoms with Crippen LogP contribution in [0.15, 0.2) is 48.0 Å². The molecule has 4 heteroatoms. The summed E-state index contributed by atoms with van der Waals surface area (Å²) in [6.07, 6.45) is 1.62. The van der Waals surface area contributed by atoms with Crippen molar-refractivity contribution in [1.82, 2.24) is 0 Å². The zero-order valence-electron chi connectivity index (χ0n) is 15.4. The Morgan fingerprint density at radius 1 is 1.15 bits per heavy atom. The molecule has 0 spiro atoms. The maximum atomic E-state index is 11.9. The maximum absolute atomic E-state index is 11.9. The molecule has 2 rings (SSSR count). The zero-order chi connectivity index (χ0) is 18.9. The van der Waals surface area contributed by atoms with Gasteiger partial charge in [0.15, 0.2) is 0 Å². The van der Waals surface area contributed by atoms with Gasteiger partial charge in [-0.3, -0.25) is 0 Å². The minimum Gasteiger partial charge on any atom is -0.462 e. The molecule has 0 unspecified atom stereocenters. The summed E-state index contributed by atoms with van der Waals surface area (Å²) in [6, 6.07) is 16.5. The second-order valence-corrected chi connectivity index (χ2v) is 6.99. The van der Waals surface area contributed by atoms with Gasteiger partial charge in [0.05, 0.1) is 6.61 Å². The molecule has 0 saturated heterocycles. The summed E-state index contributed by atoms with van der Waals surface area (Å²) < 4.78 is 4.94. The molecular formula is C22H23NO2S. The first-order chi connectivity index (χ1) is 12.5. The van der Waals surface area contributed by atoms with E-state index in [1.807, 2.05) is 30.8 Å². The molecule has 0 aromatic heterocycles. The van der Waals surface area contributed by atoms with E-state index in [1.54, 1.807) is 13.0 Å². The molecule has 0 aliphatic carbocycles. The van der Waals surface area contributed by atoms with Gasteiger partial charge in [-0.05, 0) is 54.7 Å². The molecule has 0 atom stereocenters. The van der Waals surface area contributed by atoms with E-state index in [9.17, 15) is 10.1 Å². The van der Waals surface area contributed by atoms with Crippen molar-refractivity contribution in [3.8, 4) is 6.07 Å². The molecule has 0 N–H and O–H groups in total. The minimum absolute atomic E-state index is 0.0293. The molecule has 2 aromatic rings. The van der Waals surface area contributed by atoms with Crippen LogP contribution in [0, 0.1) is 25.2 Å². The Balaban J connectivity index is 2.17. The average Bonchev–Trinajstić information content (AvgIpc) is 2.63. The van der Waals surface area contributed by atoms with Crippen LogP contribution >= 0.6 is 11.8 Å². The third-order valence-corrected chi connectivity index (χ3v) is 5.06. The van der Waals surface area contributed by atoms with Crippen LogP contribution < -0.4 is 0 Å². The molecule has 0 aliphatic rings. The lowest BCUT2D eigenvalue weighted by molar-refractivity contribution is -0.137. The van der Waals surface area contributed by atoms with Gasteiger partial charge in [0.1, 0.15) is 11.6 Å². The highest BCUT2D eigenvalue weighted by Crippen LogP contribution is 2.24. The number of carbonyl (C=O) groups excluding carboxylic acids is 1. The molecule has 0 aliphatic heterocycles. The van der Waals surface area contributed by atoms with E-state index in [2.05, 4.69) is 43.3 Å². The van der Waals surface area contributed by atoms with Gasteiger partial charge in [-0.15, -0.1) is 0 Å². The van der Waals surface area contributed by atoms with Gasteiger partial charge in [-0.2, -0.15) is 17.0 Å². The Kier molecular flexibility index (Phi) is 7.50. The fourth-order valence-corrected chi connectivity index (χ4v) is 3.64. The quantitative estimate of drug-likeness (QED) is 0.384. The zero-order valence-corrected chi connectivity index (χ0v) is 16.2. The summed E-state index contributed by atoms with van der Waals surface area (Å²) in [6.45, 7) is 6.06. The van der Waals surface area contributed by atoms with Crippen molar-refractivity contribution in [2.24, 2.45) is 0 Å². The molecule has 3 nitrogen and oxygen atoms in total. The van der Waals surface area contributed by atoms with E-state index in [-0.39, 0.29) is 12.2 Å². The highest BCUT2D eigenvalue weighted by Gasteiger charge is 2.11. The molecule has 0 fully saturated rings. The van der Waals surface area contributed by atoms with Gasteiger partial charge in [-0.1, -0.05) is 42.5 Å². The number of hydrogen-bond donors (Lipinski definition) is 0. The second kappa shape index (κ2) is 9.84. The maximum Gasteiger partial charge on any atom is 0.348 e. The molecule has 0 heterocycles. The Labute approximate surface area is 159 Å². The van der Waals surface area contributed by atoms with Crippen LogP contribution in [0.4, 0.5) is 0 Å². The van der Waals surface area contributed by atoms with Crippen LogP contribution in [0.3, 0.4) is 0 Å². The third kappa shape index (κ3) is 5.50. The third-order valence-electron chi connectivity index (χ3n) is 4.01. The van der Waals surface area contributed by atoms with E-state index in [1.165, 1.54) is 16.7 Å². The fraction of sp³-hybridized carbons (Fsp3) is 0.273. The highest BCUT2D eigenvalue weighted by molar-refractivity contribution is 7.97. The fourth-order valence-electron chi connectivity index (χ4n) is 2.58. The Hall–Kier alpha value is -2.51. The number of nitrogens with zero attached hydrogens (tertiary/aromatic N) is 1. The molecule has 0 bridgehead atoms. The van der Waals surface area contributed by atoms with Gasteiger partial charge >= 0.3 is 5.97 Å². The predicted molar refractivity (Wildman–Crippen MR) is 108 cm³/mol. The van der Waals surface area contributed by atoms with Crippen molar-refractivity contribution in [3.63, 3.8) is 0 Å². The van der Waals surface area contributed by atoms with E-state index in [0.29, 0.717) is 0 Å². The molecular weight excluding hydrogens is 342 g/mol. The number of nitriles is 1. The average molecular weight is 365 g/mol. The number of thioether (sulfide) groups is 1. The second-order valence-electron chi connectivity index (χ2n) is 6.00. The lowest BCUT2D eigenvalue weighted by Crippen LogP contribution is -2.06. The number of ether oxygens (including phenoxy) is 1. The van der Waals surface area contributed by atoms with Crippen molar-refractivity contribution < 1.29 is 9.53 Å².